The van der Waals surface area contributed by atoms with Crippen molar-refractivity contribution >= 4 is 35.5 Å². The molecule has 190 valence electrons. The topological polar surface area (TPSA) is 74.3 Å². The molecule has 4 heterocycles. The van der Waals surface area contributed by atoms with Gasteiger partial charge in [0.05, 0.1) is 0 Å². The zero-order chi connectivity index (χ0) is 25.2. The molecule has 0 bridgehead atoms. The second-order valence-electron chi connectivity index (χ2n) is 9.84. The second kappa shape index (κ2) is 10.7. The van der Waals surface area contributed by atoms with Gasteiger partial charge in [-0.25, -0.2) is 0 Å². The van der Waals surface area contributed by atoms with Gasteiger partial charge >= 0.3 is 205 Å². The third-order valence-electron chi connectivity index (χ3n) is 7.42. The van der Waals surface area contributed by atoms with E-state index in [1.807, 2.05) is 31.5 Å². The van der Waals surface area contributed by atoms with Crippen LogP contribution in [-0.2, 0) is 37.1 Å². The third kappa shape index (κ3) is 4.91. The summed E-state index contributed by atoms with van der Waals surface area (Å²) in [5.74, 6) is 1.69. The van der Waals surface area contributed by atoms with Gasteiger partial charge in [-0.2, -0.15) is 0 Å². The summed E-state index contributed by atoms with van der Waals surface area (Å²) in [6, 6.07) is 3.84. The molecule has 3 aromatic rings. The Bertz CT molecular complexity index is 1250. The second-order valence-corrected chi connectivity index (χ2v) is 10.9. The van der Waals surface area contributed by atoms with Crippen molar-refractivity contribution in [3.8, 4) is 5.82 Å². The molecular formula is C27H36BN5O2S. The molecule has 0 fully saturated rings. The molecule has 1 atom stereocenters. The molecule has 1 aliphatic carbocycles. The van der Waals surface area contributed by atoms with E-state index in [9.17, 15) is 4.79 Å². The number of carbonyl (C=O) groups is 1. The minimum absolute atomic E-state index is 0.202. The van der Waals surface area contributed by atoms with Crippen molar-refractivity contribution in [3.63, 3.8) is 0 Å². The van der Waals surface area contributed by atoms with Crippen molar-refractivity contribution in [3.05, 3.63) is 57.4 Å². The van der Waals surface area contributed by atoms with Crippen LogP contribution in [0.1, 0.15) is 60.0 Å². The first-order chi connectivity index (χ1) is 17.5. The van der Waals surface area contributed by atoms with Crippen LogP contribution in [0.15, 0.2) is 24.5 Å². The fourth-order valence-corrected chi connectivity index (χ4v) is 6.91. The van der Waals surface area contributed by atoms with Crippen molar-refractivity contribution in [1.82, 2.24) is 19.8 Å². The van der Waals surface area contributed by atoms with Crippen molar-refractivity contribution in [1.29, 1.82) is 0 Å². The number of ether oxygens (including phenoxy) is 1. The van der Waals surface area contributed by atoms with E-state index in [0.717, 1.165) is 67.3 Å². The fraction of sp³-hybridized carbons (Fsp3) is 0.481. The summed E-state index contributed by atoms with van der Waals surface area (Å²) in [5, 5.41) is 7.11. The SMILES string of the molecule is B=C(OCC)c1c(NC(=O)NCc2c(-n3cccc3)[nH]c3c2CCN(CC)C3)sc2c1CCC(C)C2. The molecular weight excluding hydrogens is 469 g/mol. The molecule has 0 spiro atoms. The molecule has 0 saturated heterocycles. The number of amides is 2. The van der Waals surface area contributed by atoms with Crippen molar-refractivity contribution < 1.29 is 9.53 Å². The first kappa shape index (κ1) is 24.9. The van der Waals surface area contributed by atoms with Gasteiger partial charge in [-0.1, -0.05) is 6.92 Å². The van der Waals surface area contributed by atoms with Gasteiger partial charge in [0.25, 0.3) is 0 Å². The summed E-state index contributed by atoms with van der Waals surface area (Å²) in [7, 11) is 4.17. The Balaban J connectivity index is 1.36. The zero-order valence-corrected chi connectivity index (χ0v) is 22.4. The summed E-state index contributed by atoms with van der Waals surface area (Å²) in [6.45, 7) is 10.5. The summed E-state index contributed by atoms with van der Waals surface area (Å²) in [4.78, 5) is 20.6. The fourth-order valence-electron chi connectivity index (χ4n) is 5.49. The van der Waals surface area contributed by atoms with E-state index in [0.29, 0.717) is 24.7 Å². The van der Waals surface area contributed by atoms with Crippen LogP contribution in [0, 0.1) is 5.92 Å². The number of likely N-dealkylation sites (N-methyl/N-ethyl adjacent to an activating group) is 1. The molecule has 2 amide bonds. The third-order valence-corrected chi connectivity index (χ3v) is 8.58. The maximum absolute atomic E-state index is 13.2. The Morgan fingerprint density at radius 3 is 2.81 bits per heavy atom. The Kier molecular flexibility index (Phi) is 7.39. The molecule has 9 heteroatoms. The average Bonchev–Trinajstić information content (AvgIpc) is 3.59. The monoisotopic (exact) mass is 505 g/mol. The molecule has 1 aliphatic heterocycles. The maximum atomic E-state index is 13.2. The van der Waals surface area contributed by atoms with E-state index < -0.39 is 0 Å². The van der Waals surface area contributed by atoms with Gasteiger partial charge in [-0.05, 0) is 6.54 Å². The molecule has 3 N–H and O–H groups in total. The number of nitrogens with zero attached hydrogens (tertiary/aromatic N) is 2. The quantitative estimate of drug-likeness (QED) is 0.404. The number of nitrogens with one attached hydrogen (secondary N) is 3. The van der Waals surface area contributed by atoms with Crippen LogP contribution >= 0.6 is 11.3 Å². The first-order valence-electron chi connectivity index (χ1n) is 13.1. The molecule has 0 saturated carbocycles. The molecule has 7 nitrogen and oxygen atoms in total. The van der Waals surface area contributed by atoms with Crippen LogP contribution in [0.3, 0.4) is 0 Å². The Morgan fingerprint density at radius 2 is 2.06 bits per heavy atom. The standard InChI is InChI=1S/C27H36BN5O2S/c1-4-32-13-10-18-20(25(30-21(18)16-32)33-11-6-7-12-33)15-29-27(34)31-26-23(24(28)35-5-2)19-9-8-17(3)14-22(19)36-26/h6-7,11-12,17,28,30H,4-5,8-10,13-16H2,1-3H3,(H2,29,31,34). The van der Waals surface area contributed by atoms with Crippen LogP contribution < -0.4 is 10.6 Å². The molecule has 2 aliphatic rings. The number of thiophene rings is 1. The normalized spacial score (nSPS) is 17.3. The summed E-state index contributed by atoms with van der Waals surface area (Å²) in [6.07, 6.45) is 8.26. The van der Waals surface area contributed by atoms with E-state index in [-0.39, 0.29) is 6.03 Å². The number of aromatic nitrogens is 2. The number of rotatable bonds is 8. The average molecular weight is 505 g/mol. The summed E-state index contributed by atoms with van der Waals surface area (Å²) >= 11 is 1.67. The van der Waals surface area contributed by atoms with E-state index in [2.05, 4.69) is 46.4 Å². The predicted molar refractivity (Wildman–Crippen MR) is 149 cm³/mol. The number of hydrogen-bond acceptors (Lipinski definition) is 4. The number of fused-ring (bicyclic) bond motifs is 2. The number of aromatic amines is 1. The number of H-pyrrole nitrogens is 1. The summed E-state index contributed by atoms with van der Waals surface area (Å²) < 4.78 is 7.89. The van der Waals surface area contributed by atoms with Crippen LogP contribution in [0.5, 0.6) is 0 Å². The Hall–Kier alpha value is -2.78. The van der Waals surface area contributed by atoms with Crippen molar-refractivity contribution in [2.45, 2.75) is 59.5 Å². The van der Waals surface area contributed by atoms with Gasteiger partial charge in [-0.3, -0.25) is 0 Å². The van der Waals surface area contributed by atoms with Gasteiger partial charge in [0.2, 0.25) is 0 Å². The minimum atomic E-state index is -0.202. The van der Waals surface area contributed by atoms with Crippen molar-refractivity contribution in [2.75, 3.05) is 25.0 Å². The predicted octanol–water partition coefficient (Wildman–Crippen LogP) is 4.11. The van der Waals surface area contributed by atoms with E-state index in [1.54, 1.807) is 11.3 Å². The van der Waals surface area contributed by atoms with Gasteiger partial charge in [0.15, 0.2) is 0 Å². The van der Waals surface area contributed by atoms with Crippen LogP contribution in [0.25, 0.3) is 5.82 Å². The Labute approximate surface area is 218 Å². The molecule has 5 rings (SSSR count). The van der Waals surface area contributed by atoms with Gasteiger partial charge in [0, 0.05) is 0 Å². The number of urea groups is 1. The van der Waals surface area contributed by atoms with Gasteiger partial charge in [-0.15, -0.1) is 0 Å². The number of carbonyl (C=O) groups excluding carboxylic acids is 1. The molecule has 36 heavy (non-hydrogen) atoms. The van der Waals surface area contributed by atoms with Gasteiger partial charge in [0.1, 0.15) is 0 Å². The van der Waals surface area contributed by atoms with E-state index in [1.165, 1.54) is 21.7 Å². The van der Waals surface area contributed by atoms with Crippen molar-refractivity contribution in [2.24, 2.45) is 5.92 Å². The van der Waals surface area contributed by atoms with E-state index in [4.69, 9.17) is 4.74 Å². The van der Waals surface area contributed by atoms with Crippen LogP contribution in [0.2, 0.25) is 0 Å². The Morgan fingerprint density at radius 1 is 1.25 bits per heavy atom. The zero-order valence-electron chi connectivity index (χ0n) is 21.6. The van der Waals surface area contributed by atoms with E-state index >= 15 is 0 Å². The summed E-state index contributed by atoms with van der Waals surface area (Å²) in [5.41, 5.74) is 6.65. The first-order valence-corrected chi connectivity index (χ1v) is 13.9. The van der Waals surface area contributed by atoms with Gasteiger partial charge < -0.3 is 0 Å². The molecule has 0 aromatic carbocycles. The molecule has 0 radical (unpaired) electrons. The number of hydrogen-bond donors (Lipinski definition) is 3. The number of anilines is 1. The molecule has 1 unspecified atom stereocenters. The van der Waals surface area contributed by atoms with Crippen LogP contribution in [-0.4, -0.2) is 53.3 Å². The van der Waals surface area contributed by atoms with Crippen LogP contribution in [0.4, 0.5) is 9.80 Å². The molecule has 3 aromatic heterocycles.